The molecule has 124 valence electrons. The van der Waals surface area contributed by atoms with Gasteiger partial charge in [-0.3, -0.25) is 0 Å². The summed E-state index contributed by atoms with van der Waals surface area (Å²) < 4.78 is 0. The summed E-state index contributed by atoms with van der Waals surface area (Å²) in [6, 6.07) is 0.774. The molecule has 3 unspecified atom stereocenters. The van der Waals surface area contributed by atoms with Gasteiger partial charge in [0, 0.05) is 24.9 Å². The van der Waals surface area contributed by atoms with Gasteiger partial charge in [-0.15, -0.1) is 0 Å². The highest BCUT2D eigenvalue weighted by Crippen LogP contribution is 2.34. The molecule has 0 aromatic rings. The molecule has 0 aromatic carbocycles. The highest BCUT2D eigenvalue weighted by atomic mass is 32.2. The SMILES string of the molecule is CCCNC1CCC(C(C)C)CC1CN1CCCSCC1. The predicted molar refractivity (Wildman–Crippen MR) is 96.1 cm³/mol. The zero-order chi connectivity index (χ0) is 15.1. The molecule has 0 aromatic heterocycles. The van der Waals surface area contributed by atoms with Crippen molar-refractivity contribution in [2.24, 2.45) is 17.8 Å². The first-order chi connectivity index (χ1) is 10.2. The molecule has 3 heteroatoms. The van der Waals surface area contributed by atoms with E-state index >= 15 is 0 Å². The number of hydrogen-bond acceptors (Lipinski definition) is 3. The van der Waals surface area contributed by atoms with E-state index in [-0.39, 0.29) is 0 Å². The quantitative estimate of drug-likeness (QED) is 0.801. The Kier molecular flexibility index (Phi) is 7.90. The fourth-order valence-corrected chi connectivity index (χ4v) is 4.94. The maximum atomic E-state index is 3.85. The van der Waals surface area contributed by atoms with Crippen LogP contribution in [0, 0.1) is 17.8 Å². The van der Waals surface area contributed by atoms with E-state index in [0.717, 1.165) is 23.8 Å². The van der Waals surface area contributed by atoms with Crippen LogP contribution in [0.25, 0.3) is 0 Å². The van der Waals surface area contributed by atoms with Crippen LogP contribution in [0.3, 0.4) is 0 Å². The van der Waals surface area contributed by atoms with Gasteiger partial charge >= 0.3 is 0 Å². The normalized spacial score (nSPS) is 32.3. The zero-order valence-electron chi connectivity index (χ0n) is 14.4. The Labute approximate surface area is 136 Å². The Hall–Kier alpha value is 0.270. The second-order valence-electron chi connectivity index (χ2n) is 7.40. The number of nitrogens with one attached hydrogen (secondary N) is 1. The van der Waals surface area contributed by atoms with Gasteiger partial charge in [0.15, 0.2) is 0 Å². The summed E-state index contributed by atoms with van der Waals surface area (Å²) in [6.07, 6.45) is 6.93. The molecule has 2 nitrogen and oxygen atoms in total. The maximum absolute atomic E-state index is 3.85. The van der Waals surface area contributed by atoms with Crippen molar-refractivity contribution in [1.29, 1.82) is 0 Å². The molecule has 21 heavy (non-hydrogen) atoms. The smallest absolute Gasteiger partial charge is 0.0108 e. The summed E-state index contributed by atoms with van der Waals surface area (Å²) in [5.41, 5.74) is 0. The molecule has 0 spiro atoms. The van der Waals surface area contributed by atoms with Crippen molar-refractivity contribution >= 4 is 11.8 Å². The molecule has 1 N–H and O–H groups in total. The summed E-state index contributed by atoms with van der Waals surface area (Å²) in [7, 11) is 0. The van der Waals surface area contributed by atoms with Gasteiger partial charge in [0.05, 0.1) is 0 Å². The number of nitrogens with zero attached hydrogens (tertiary/aromatic N) is 1. The van der Waals surface area contributed by atoms with Crippen molar-refractivity contribution in [3.63, 3.8) is 0 Å². The van der Waals surface area contributed by atoms with Gasteiger partial charge in [0.2, 0.25) is 0 Å². The molecule has 0 bridgehead atoms. The van der Waals surface area contributed by atoms with Gasteiger partial charge in [-0.05, 0) is 68.7 Å². The average molecular weight is 313 g/mol. The second-order valence-corrected chi connectivity index (χ2v) is 8.63. The summed E-state index contributed by atoms with van der Waals surface area (Å²) in [5.74, 6) is 5.40. The molecule has 1 aliphatic carbocycles. The molecule has 1 saturated heterocycles. The largest absolute Gasteiger partial charge is 0.314 e. The minimum atomic E-state index is 0.774. The van der Waals surface area contributed by atoms with Crippen LogP contribution >= 0.6 is 11.8 Å². The van der Waals surface area contributed by atoms with Crippen LogP contribution in [0.15, 0.2) is 0 Å². The number of thioether (sulfide) groups is 1. The molecule has 2 aliphatic rings. The van der Waals surface area contributed by atoms with E-state index in [1.54, 1.807) is 0 Å². The third-order valence-electron chi connectivity index (χ3n) is 5.43. The van der Waals surface area contributed by atoms with E-state index in [4.69, 9.17) is 0 Å². The van der Waals surface area contributed by atoms with E-state index in [1.165, 1.54) is 69.8 Å². The van der Waals surface area contributed by atoms with Crippen LogP contribution in [0.5, 0.6) is 0 Å². The van der Waals surface area contributed by atoms with Crippen molar-refractivity contribution < 1.29 is 0 Å². The number of hydrogen-bond donors (Lipinski definition) is 1. The van der Waals surface area contributed by atoms with Crippen LogP contribution in [0.1, 0.15) is 52.9 Å². The van der Waals surface area contributed by atoms with Crippen molar-refractivity contribution in [2.75, 3.05) is 37.7 Å². The topological polar surface area (TPSA) is 15.3 Å². The minimum Gasteiger partial charge on any atom is -0.314 e. The standard InChI is InChI=1S/C18H36N2S/c1-4-8-19-18-7-6-16(15(2)3)13-17(18)14-20-9-5-11-21-12-10-20/h15-19H,4-14H2,1-3H3. The van der Waals surface area contributed by atoms with Crippen LogP contribution < -0.4 is 5.32 Å². The molecular weight excluding hydrogens is 276 g/mol. The summed E-state index contributed by atoms with van der Waals surface area (Å²) in [5, 5.41) is 3.85. The van der Waals surface area contributed by atoms with E-state index < -0.39 is 0 Å². The van der Waals surface area contributed by atoms with Crippen LogP contribution in [0.4, 0.5) is 0 Å². The maximum Gasteiger partial charge on any atom is 0.0108 e. The highest BCUT2D eigenvalue weighted by molar-refractivity contribution is 7.99. The summed E-state index contributed by atoms with van der Waals surface area (Å²) >= 11 is 2.14. The average Bonchev–Trinajstić information content (AvgIpc) is 2.74. The van der Waals surface area contributed by atoms with Gasteiger partial charge in [0.25, 0.3) is 0 Å². The first-order valence-corrected chi connectivity index (χ1v) is 10.4. The lowest BCUT2D eigenvalue weighted by atomic mass is 9.73. The molecular formula is C18H36N2S. The Morgan fingerprint density at radius 1 is 1.19 bits per heavy atom. The van der Waals surface area contributed by atoms with Crippen molar-refractivity contribution in [1.82, 2.24) is 10.2 Å². The summed E-state index contributed by atoms with van der Waals surface area (Å²) in [6.45, 7) is 12.3. The van der Waals surface area contributed by atoms with Gasteiger partial charge in [-0.2, -0.15) is 11.8 Å². The Bertz CT molecular complexity index is 274. The molecule has 0 radical (unpaired) electrons. The van der Waals surface area contributed by atoms with E-state index in [1.807, 2.05) is 0 Å². The van der Waals surface area contributed by atoms with E-state index in [2.05, 4.69) is 42.7 Å². The summed E-state index contributed by atoms with van der Waals surface area (Å²) in [4.78, 5) is 2.76. The molecule has 1 saturated carbocycles. The molecule has 1 heterocycles. The van der Waals surface area contributed by atoms with Gasteiger partial charge in [0.1, 0.15) is 0 Å². The van der Waals surface area contributed by atoms with Crippen LogP contribution in [-0.2, 0) is 0 Å². The van der Waals surface area contributed by atoms with Crippen LogP contribution in [-0.4, -0.2) is 48.6 Å². The third kappa shape index (κ3) is 5.76. The van der Waals surface area contributed by atoms with Gasteiger partial charge in [-0.25, -0.2) is 0 Å². The van der Waals surface area contributed by atoms with Crippen molar-refractivity contribution in [3.05, 3.63) is 0 Å². The molecule has 1 aliphatic heterocycles. The molecule has 0 amide bonds. The Morgan fingerprint density at radius 3 is 2.81 bits per heavy atom. The Morgan fingerprint density at radius 2 is 2.05 bits per heavy atom. The molecule has 2 fully saturated rings. The first-order valence-electron chi connectivity index (χ1n) is 9.24. The Balaban J connectivity index is 1.91. The minimum absolute atomic E-state index is 0.774. The lowest BCUT2D eigenvalue weighted by Gasteiger charge is -2.40. The zero-order valence-corrected chi connectivity index (χ0v) is 15.3. The number of rotatable bonds is 6. The highest BCUT2D eigenvalue weighted by Gasteiger charge is 2.32. The lowest BCUT2D eigenvalue weighted by molar-refractivity contribution is 0.125. The predicted octanol–water partition coefficient (Wildman–Crippen LogP) is 3.87. The first kappa shape index (κ1) is 17.6. The third-order valence-corrected chi connectivity index (χ3v) is 6.48. The van der Waals surface area contributed by atoms with Crippen molar-refractivity contribution in [2.45, 2.75) is 58.9 Å². The fourth-order valence-electron chi connectivity index (χ4n) is 4.02. The fraction of sp³-hybridized carbons (Fsp3) is 1.00. The second kappa shape index (κ2) is 9.42. The van der Waals surface area contributed by atoms with E-state index in [0.29, 0.717) is 0 Å². The molecule has 2 rings (SSSR count). The van der Waals surface area contributed by atoms with Gasteiger partial charge < -0.3 is 10.2 Å². The molecule has 3 atom stereocenters. The monoisotopic (exact) mass is 312 g/mol. The van der Waals surface area contributed by atoms with Crippen molar-refractivity contribution in [3.8, 4) is 0 Å². The van der Waals surface area contributed by atoms with Gasteiger partial charge in [-0.1, -0.05) is 20.8 Å². The van der Waals surface area contributed by atoms with E-state index in [9.17, 15) is 0 Å². The van der Waals surface area contributed by atoms with Crippen LogP contribution in [0.2, 0.25) is 0 Å². The lowest BCUT2D eigenvalue weighted by Crippen LogP contribution is -2.47.